The van der Waals surface area contributed by atoms with E-state index >= 15 is 0 Å². The standard InChI is InChI=1S/C6H13BO2/c1-3-9-6(7)4-5-8-2/h6H,3-5H2,1-2H3. The summed E-state index contributed by atoms with van der Waals surface area (Å²) in [4.78, 5) is 0. The molecule has 0 N–H and O–H groups in total. The molecule has 52 valence electrons. The van der Waals surface area contributed by atoms with Crippen LogP contribution in [0.5, 0.6) is 0 Å². The number of hydrogen-bond donors (Lipinski definition) is 0. The molecular weight excluding hydrogens is 115 g/mol. The van der Waals surface area contributed by atoms with Gasteiger partial charge in [-0.05, 0) is 13.3 Å². The summed E-state index contributed by atoms with van der Waals surface area (Å²) in [6, 6.07) is -0.157. The van der Waals surface area contributed by atoms with Crippen molar-refractivity contribution in [2.45, 2.75) is 19.3 Å². The predicted octanol–water partition coefficient (Wildman–Crippen LogP) is 0.554. The predicted molar refractivity (Wildman–Crippen MR) is 37.7 cm³/mol. The first-order valence-electron chi connectivity index (χ1n) is 3.17. The molecule has 1 atom stereocenters. The van der Waals surface area contributed by atoms with Crippen LogP contribution in [0.1, 0.15) is 13.3 Å². The molecule has 0 aliphatic rings. The smallest absolute Gasteiger partial charge is 0.109 e. The molecule has 0 amide bonds. The second-order valence-electron chi connectivity index (χ2n) is 1.78. The summed E-state index contributed by atoms with van der Waals surface area (Å²) >= 11 is 0. The van der Waals surface area contributed by atoms with E-state index < -0.39 is 0 Å². The van der Waals surface area contributed by atoms with Crippen LogP contribution >= 0.6 is 0 Å². The Kier molecular flexibility index (Phi) is 6.10. The molecule has 0 saturated carbocycles. The van der Waals surface area contributed by atoms with Crippen molar-refractivity contribution in [2.75, 3.05) is 20.3 Å². The average Bonchev–Trinajstić information content (AvgIpc) is 1.85. The SMILES string of the molecule is [B]C(CCOC)OCC. The largest absolute Gasteiger partial charge is 0.388 e. The van der Waals surface area contributed by atoms with Crippen LogP contribution in [0.25, 0.3) is 0 Å². The van der Waals surface area contributed by atoms with Gasteiger partial charge in [0, 0.05) is 26.3 Å². The number of rotatable bonds is 5. The van der Waals surface area contributed by atoms with Gasteiger partial charge in [0.05, 0.1) is 0 Å². The third-order valence-corrected chi connectivity index (χ3v) is 0.987. The molecule has 1 unspecified atom stereocenters. The van der Waals surface area contributed by atoms with E-state index in [0.717, 1.165) is 6.42 Å². The normalized spacial score (nSPS) is 13.6. The van der Waals surface area contributed by atoms with E-state index in [9.17, 15) is 0 Å². The fourth-order valence-corrected chi connectivity index (χ4v) is 0.531. The van der Waals surface area contributed by atoms with Gasteiger partial charge in [-0.1, -0.05) is 0 Å². The molecule has 0 rings (SSSR count). The first-order chi connectivity index (χ1) is 4.31. The maximum Gasteiger partial charge on any atom is 0.109 e. The highest BCUT2D eigenvalue weighted by atomic mass is 16.5. The van der Waals surface area contributed by atoms with Crippen molar-refractivity contribution in [1.29, 1.82) is 0 Å². The Morgan fingerprint density at radius 2 is 2.22 bits per heavy atom. The van der Waals surface area contributed by atoms with Crippen LogP contribution in [0, 0.1) is 0 Å². The third kappa shape index (κ3) is 5.86. The molecule has 0 bridgehead atoms. The lowest BCUT2D eigenvalue weighted by Gasteiger charge is -2.09. The van der Waals surface area contributed by atoms with E-state index in [1.54, 1.807) is 7.11 Å². The quantitative estimate of drug-likeness (QED) is 0.503. The third-order valence-electron chi connectivity index (χ3n) is 0.987. The van der Waals surface area contributed by atoms with Crippen LogP contribution in [0.15, 0.2) is 0 Å². The lowest BCUT2D eigenvalue weighted by atomic mass is 9.97. The molecule has 0 aliphatic carbocycles. The highest BCUT2D eigenvalue weighted by Crippen LogP contribution is 1.91. The Bertz CT molecular complexity index is 59.0. The van der Waals surface area contributed by atoms with E-state index in [1.165, 1.54) is 0 Å². The van der Waals surface area contributed by atoms with Gasteiger partial charge in [-0.25, -0.2) is 0 Å². The van der Waals surface area contributed by atoms with Crippen molar-refractivity contribution in [2.24, 2.45) is 0 Å². The molecule has 9 heavy (non-hydrogen) atoms. The van der Waals surface area contributed by atoms with Crippen molar-refractivity contribution in [3.05, 3.63) is 0 Å². The monoisotopic (exact) mass is 128 g/mol. The molecule has 0 aliphatic heterocycles. The van der Waals surface area contributed by atoms with Gasteiger partial charge in [0.1, 0.15) is 7.85 Å². The van der Waals surface area contributed by atoms with Crippen LogP contribution in [-0.2, 0) is 9.47 Å². The van der Waals surface area contributed by atoms with Gasteiger partial charge in [-0.15, -0.1) is 0 Å². The first-order valence-corrected chi connectivity index (χ1v) is 3.17. The first kappa shape index (κ1) is 8.98. The Labute approximate surface area is 57.9 Å². The van der Waals surface area contributed by atoms with Crippen molar-refractivity contribution < 1.29 is 9.47 Å². The number of methoxy groups -OCH3 is 1. The van der Waals surface area contributed by atoms with Gasteiger partial charge in [0.2, 0.25) is 0 Å². The summed E-state index contributed by atoms with van der Waals surface area (Å²) in [5.74, 6) is 0. The summed E-state index contributed by atoms with van der Waals surface area (Å²) < 4.78 is 9.84. The van der Waals surface area contributed by atoms with Gasteiger partial charge in [0.15, 0.2) is 0 Å². The highest BCUT2D eigenvalue weighted by molar-refractivity contribution is 6.10. The lowest BCUT2D eigenvalue weighted by Crippen LogP contribution is -2.14. The van der Waals surface area contributed by atoms with Crippen molar-refractivity contribution in [3.8, 4) is 0 Å². The van der Waals surface area contributed by atoms with Gasteiger partial charge in [-0.3, -0.25) is 0 Å². The van der Waals surface area contributed by atoms with Gasteiger partial charge in [0.25, 0.3) is 0 Å². The van der Waals surface area contributed by atoms with Crippen LogP contribution in [0.3, 0.4) is 0 Å². The fourth-order valence-electron chi connectivity index (χ4n) is 0.531. The Morgan fingerprint density at radius 1 is 1.56 bits per heavy atom. The molecule has 0 heterocycles. The molecule has 0 aromatic heterocycles. The molecule has 0 saturated heterocycles. The molecule has 0 aromatic rings. The summed E-state index contributed by atoms with van der Waals surface area (Å²) in [5, 5.41) is 0. The minimum Gasteiger partial charge on any atom is -0.388 e. The van der Waals surface area contributed by atoms with Crippen LogP contribution in [0.2, 0.25) is 0 Å². The van der Waals surface area contributed by atoms with Crippen molar-refractivity contribution >= 4 is 7.85 Å². The minimum atomic E-state index is -0.157. The highest BCUT2D eigenvalue weighted by Gasteiger charge is 1.97. The Morgan fingerprint density at radius 3 is 2.67 bits per heavy atom. The Balaban J connectivity index is 2.95. The maximum absolute atomic E-state index is 5.47. The lowest BCUT2D eigenvalue weighted by molar-refractivity contribution is 0.0855. The molecule has 0 spiro atoms. The summed E-state index contributed by atoms with van der Waals surface area (Å²) in [6.45, 7) is 3.26. The second kappa shape index (κ2) is 6.11. The summed E-state index contributed by atoms with van der Waals surface area (Å²) in [5.41, 5.74) is 0. The zero-order valence-electron chi connectivity index (χ0n) is 6.09. The van der Waals surface area contributed by atoms with E-state index in [-0.39, 0.29) is 6.00 Å². The number of hydrogen-bond acceptors (Lipinski definition) is 2. The van der Waals surface area contributed by atoms with Crippen LogP contribution in [0.4, 0.5) is 0 Å². The average molecular weight is 128 g/mol. The molecule has 0 aromatic carbocycles. The van der Waals surface area contributed by atoms with Crippen molar-refractivity contribution in [3.63, 3.8) is 0 Å². The molecular formula is C6H13BO2. The zero-order chi connectivity index (χ0) is 7.11. The molecule has 2 radical (unpaired) electrons. The molecule has 3 heteroatoms. The van der Waals surface area contributed by atoms with E-state index in [4.69, 9.17) is 17.3 Å². The Hall–Kier alpha value is -0.0151. The summed E-state index contributed by atoms with van der Waals surface area (Å²) in [6.07, 6.45) is 0.768. The molecule has 2 nitrogen and oxygen atoms in total. The molecule has 0 fully saturated rings. The van der Waals surface area contributed by atoms with Gasteiger partial charge in [-0.2, -0.15) is 0 Å². The fraction of sp³-hybridized carbons (Fsp3) is 1.00. The number of ether oxygens (including phenoxy) is 2. The minimum absolute atomic E-state index is 0.157. The zero-order valence-corrected chi connectivity index (χ0v) is 6.09. The van der Waals surface area contributed by atoms with Crippen molar-refractivity contribution in [1.82, 2.24) is 0 Å². The second-order valence-corrected chi connectivity index (χ2v) is 1.78. The van der Waals surface area contributed by atoms with E-state index in [2.05, 4.69) is 0 Å². The maximum atomic E-state index is 5.47. The van der Waals surface area contributed by atoms with Gasteiger partial charge < -0.3 is 9.47 Å². The topological polar surface area (TPSA) is 18.5 Å². The van der Waals surface area contributed by atoms with E-state index in [0.29, 0.717) is 13.2 Å². The van der Waals surface area contributed by atoms with Crippen LogP contribution in [-0.4, -0.2) is 34.2 Å². The van der Waals surface area contributed by atoms with Crippen LogP contribution < -0.4 is 0 Å². The van der Waals surface area contributed by atoms with Gasteiger partial charge >= 0.3 is 0 Å². The summed E-state index contributed by atoms with van der Waals surface area (Å²) in [7, 11) is 7.12. The van der Waals surface area contributed by atoms with E-state index in [1.807, 2.05) is 6.92 Å².